The van der Waals surface area contributed by atoms with E-state index in [1.54, 1.807) is 6.20 Å². The maximum Gasteiger partial charge on any atom is 0.140 e. The first kappa shape index (κ1) is 12.1. The molecule has 3 nitrogen and oxygen atoms in total. The molecule has 3 heteroatoms. The summed E-state index contributed by atoms with van der Waals surface area (Å²) in [5.74, 6) is 0. The zero-order valence-electron chi connectivity index (χ0n) is 10.4. The van der Waals surface area contributed by atoms with Crippen LogP contribution in [0.5, 0.6) is 0 Å². The maximum absolute atomic E-state index is 8.84. The number of rotatable bonds is 2. The topological polar surface area (TPSA) is 39.9 Å². The quantitative estimate of drug-likeness (QED) is 0.782. The Morgan fingerprint density at radius 2 is 2.35 bits per heavy atom. The SMILES string of the molecule is CC1CCCCCN1Cc1ccnc(C#N)c1. The standard InChI is InChI=1S/C14H19N3/c1-12-5-3-2-4-8-17(12)11-13-6-7-16-14(9-13)10-15/h6-7,9,12H,2-5,8,11H2,1H3. The molecule has 1 aliphatic rings. The lowest BCUT2D eigenvalue weighted by Gasteiger charge is -2.26. The molecular formula is C14H19N3. The molecule has 0 radical (unpaired) electrons. The van der Waals surface area contributed by atoms with E-state index in [1.807, 2.05) is 12.1 Å². The number of hydrogen-bond donors (Lipinski definition) is 0. The predicted octanol–water partition coefficient (Wildman–Crippen LogP) is 2.72. The average Bonchev–Trinajstić information content (AvgIpc) is 2.55. The van der Waals surface area contributed by atoms with E-state index < -0.39 is 0 Å². The first-order chi connectivity index (χ1) is 8.29. The minimum Gasteiger partial charge on any atom is -0.296 e. The largest absolute Gasteiger partial charge is 0.296 e. The van der Waals surface area contributed by atoms with Crippen LogP contribution in [0.15, 0.2) is 18.3 Å². The third-order valence-corrected chi connectivity index (χ3v) is 3.52. The van der Waals surface area contributed by atoms with Crippen molar-refractivity contribution in [2.24, 2.45) is 0 Å². The molecule has 0 saturated carbocycles. The summed E-state index contributed by atoms with van der Waals surface area (Å²) in [5, 5.41) is 8.84. The summed E-state index contributed by atoms with van der Waals surface area (Å²) in [6.07, 6.45) is 7.01. The van der Waals surface area contributed by atoms with Crippen LogP contribution in [0.1, 0.15) is 43.9 Å². The smallest absolute Gasteiger partial charge is 0.140 e. The molecule has 1 fully saturated rings. The van der Waals surface area contributed by atoms with Crippen LogP contribution in [0.4, 0.5) is 0 Å². The number of hydrogen-bond acceptors (Lipinski definition) is 3. The number of pyridine rings is 1. The van der Waals surface area contributed by atoms with Crippen molar-refractivity contribution in [2.75, 3.05) is 6.54 Å². The van der Waals surface area contributed by atoms with E-state index in [9.17, 15) is 0 Å². The monoisotopic (exact) mass is 229 g/mol. The van der Waals surface area contributed by atoms with E-state index in [-0.39, 0.29) is 0 Å². The summed E-state index contributed by atoms with van der Waals surface area (Å²) < 4.78 is 0. The van der Waals surface area contributed by atoms with Crippen LogP contribution < -0.4 is 0 Å². The van der Waals surface area contributed by atoms with Crippen molar-refractivity contribution in [2.45, 2.75) is 45.2 Å². The molecule has 17 heavy (non-hydrogen) atoms. The molecule has 1 saturated heterocycles. The average molecular weight is 229 g/mol. The van der Waals surface area contributed by atoms with Gasteiger partial charge in [0.2, 0.25) is 0 Å². The van der Waals surface area contributed by atoms with Gasteiger partial charge in [-0.15, -0.1) is 0 Å². The van der Waals surface area contributed by atoms with Crippen LogP contribution in [-0.2, 0) is 6.54 Å². The van der Waals surface area contributed by atoms with Crippen molar-refractivity contribution >= 4 is 0 Å². The molecule has 0 aliphatic carbocycles. The van der Waals surface area contributed by atoms with Gasteiger partial charge >= 0.3 is 0 Å². The Labute approximate surface area is 103 Å². The highest BCUT2D eigenvalue weighted by atomic mass is 15.1. The minimum atomic E-state index is 0.518. The van der Waals surface area contributed by atoms with Crippen molar-refractivity contribution in [3.05, 3.63) is 29.6 Å². The molecule has 1 aliphatic heterocycles. The number of likely N-dealkylation sites (tertiary alicyclic amines) is 1. The van der Waals surface area contributed by atoms with E-state index in [0.717, 1.165) is 6.54 Å². The van der Waals surface area contributed by atoms with Crippen molar-refractivity contribution in [1.29, 1.82) is 5.26 Å². The first-order valence-electron chi connectivity index (χ1n) is 6.38. The second-order valence-electron chi connectivity index (χ2n) is 4.83. The molecule has 0 bridgehead atoms. The molecule has 0 aromatic carbocycles. The Kier molecular flexibility index (Phi) is 4.11. The number of nitriles is 1. The predicted molar refractivity (Wildman–Crippen MR) is 67.3 cm³/mol. The molecule has 1 aromatic heterocycles. The third kappa shape index (κ3) is 3.28. The zero-order valence-corrected chi connectivity index (χ0v) is 10.4. The van der Waals surface area contributed by atoms with Crippen LogP contribution in [0, 0.1) is 11.3 Å². The fourth-order valence-electron chi connectivity index (χ4n) is 2.44. The minimum absolute atomic E-state index is 0.518. The fraction of sp³-hybridized carbons (Fsp3) is 0.571. The van der Waals surface area contributed by atoms with E-state index >= 15 is 0 Å². The molecule has 0 amide bonds. The van der Waals surface area contributed by atoms with Gasteiger partial charge in [0, 0.05) is 18.8 Å². The van der Waals surface area contributed by atoms with Gasteiger partial charge in [0.15, 0.2) is 0 Å². The van der Waals surface area contributed by atoms with Crippen molar-refractivity contribution in [1.82, 2.24) is 9.88 Å². The van der Waals surface area contributed by atoms with Crippen molar-refractivity contribution in [3.63, 3.8) is 0 Å². The van der Waals surface area contributed by atoms with Gasteiger partial charge in [-0.2, -0.15) is 5.26 Å². The second-order valence-corrected chi connectivity index (χ2v) is 4.83. The van der Waals surface area contributed by atoms with Crippen LogP contribution in [0.2, 0.25) is 0 Å². The Balaban J connectivity index is 2.05. The molecule has 1 unspecified atom stereocenters. The van der Waals surface area contributed by atoms with Gasteiger partial charge < -0.3 is 0 Å². The lowest BCUT2D eigenvalue weighted by atomic mass is 10.1. The summed E-state index contributed by atoms with van der Waals surface area (Å²) in [7, 11) is 0. The van der Waals surface area contributed by atoms with E-state index in [2.05, 4.69) is 22.9 Å². The van der Waals surface area contributed by atoms with Gasteiger partial charge in [0.05, 0.1) is 0 Å². The molecule has 0 N–H and O–H groups in total. The van der Waals surface area contributed by atoms with Crippen LogP contribution >= 0.6 is 0 Å². The first-order valence-corrected chi connectivity index (χ1v) is 6.38. The molecule has 1 aromatic rings. The van der Waals surface area contributed by atoms with E-state index in [1.165, 1.54) is 37.8 Å². The summed E-state index contributed by atoms with van der Waals surface area (Å²) in [6, 6.07) is 6.66. The van der Waals surface area contributed by atoms with Crippen LogP contribution in [0.25, 0.3) is 0 Å². The molecular weight excluding hydrogens is 210 g/mol. The highest BCUT2D eigenvalue weighted by Crippen LogP contribution is 2.18. The maximum atomic E-state index is 8.84. The second kappa shape index (κ2) is 5.79. The van der Waals surface area contributed by atoms with Gasteiger partial charge in [0.25, 0.3) is 0 Å². The number of nitrogens with zero attached hydrogens (tertiary/aromatic N) is 3. The lowest BCUT2D eigenvalue weighted by Crippen LogP contribution is -2.31. The summed E-state index contributed by atoms with van der Waals surface area (Å²) >= 11 is 0. The highest BCUT2D eigenvalue weighted by molar-refractivity contribution is 5.25. The normalized spacial score (nSPS) is 21.8. The van der Waals surface area contributed by atoms with E-state index in [4.69, 9.17) is 5.26 Å². The van der Waals surface area contributed by atoms with E-state index in [0.29, 0.717) is 11.7 Å². The summed E-state index contributed by atoms with van der Waals surface area (Å²) in [6.45, 7) is 4.42. The van der Waals surface area contributed by atoms with Gasteiger partial charge in [-0.3, -0.25) is 4.90 Å². The zero-order chi connectivity index (χ0) is 12.1. The molecule has 1 atom stereocenters. The van der Waals surface area contributed by atoms with Crippen molar-refractivity contribution in [3.8, 4) is 6.07 Å². The fourth-order valence-corrected chi connectivity index (χ4v) is 2.44. The van der Waals surface area contributed by atoms with Gasteiger partial charge in [-0.1, -0.05) is 12.8 Å². The molecule has 2 heterocycles. The Bertz CT molecular complexity index is 408. The van der Waals surface area contributed by atoms with Gasteiger partial charge in [-0.05, 0) is 44.0 Å². The highest BCUT2D eigenvalue weighted by Gasteiger charge is 2.16. The molecule has 0 spiro atoms. The van der Waals surface area contributed by atoms with Gasteiger partial charge in [0.1, 0.15) is 11.8 Å². The molecule has 2 rings (SSSR count). The van der Waals surface area contributed by atoms with Crippen LogP contribution in [-0.4, -0.2) is 22.5 Å². The Hall–Kier alpha value is -1.40. The Morgan fingerprint density at radius 1 is 1.47 bits per heavy atom. The molecule has 90 valence electrons. The Morgan fingerprint density at radius 3 is 3.18 bits per heavy atom. The number of aromatic nitrogens is 1. The summed E-state index contributed by atoms with van der Waals surface area (Å²) in [5.41, 5.74) is 1.72. The lowest BCUT2D eigenvalue weighted by molar-refractivity contribution is 0.205. The van der Waals surface area contributed by atoms with Crippen molar-refractivity contribution < 1.29 is 0 Å². The van der Waals surface area contributed by atoms with Crippen LogP contribution in [0.3, 0.4) is 0 Å². The van der Waals surface area contributed by atoms with Gasteiger partial charge in [-0.25, -0.2) is 4.98 Å². The summed E-state index contributed by atoms with van der Waals surface area (Å²) in [4.78, 5) is 6.53. The third-order valence-electron chi connectivity index (χ3n) is 3.52.